The van der Waals surface area contributed by atoms with E-state index in [2.05, 4.69) is 21.1 Å². The molecular formula is C14H14BrClN2O2. The van der Waals surface area contributed by atoms with Crippen molar-refractivity contribution < 1.29 is 9.32 Å². The molecule has 106 valence electrons. The molecule has 0 N–H and O–H groups in total. The SMILES string of the molecule is Cc1noc(C)c1CN(C)C(=O)c1cc(Br)ccc1Cl. The minimum atomic E-state index is -0.142. The number of halogens is 2. The van der Waals surface area contributed by atoms with Gasteiger partial charge in [0.1, 0.15) is 5.76 Å². The average Bonchev–Trinajstić information content (AvgIpc) is 2.72. The zero-order chi connectivity index (χ0) is 14.9. The number of amides is 1. The molecule has 2 rings (SSSR count). The molecule has 0 fully saturated rings. The molecule has 0 unspecified atom stereocenters. The second kappa shape index (κ2) is 5.97. The Morgan fingerprint density at radius 2 is 2.15 bits per heavy atom. The van der Waals surface area contributed by atoms with Crippen molar-refractivity contribution in [1.82, 2.24) is 10.1 Å². The molecule has 0 aliphatic carbocycles. The lowest BCUT2D eigenvalue weighted by Gasteiger charge is -2.18. The van der Waals surface area contributed by atoms with Crippen LogP contribution in [0.2, 0.25) is 5.02 Å². The number of benzene rings is 1. The smallest absolute Gasteiger partial charge is 0.255 e. The molecule has 0 bridgehead atoms. The lowest BCUT2D eigenvalue weighted by molar-refractivity contribution is 0.0784. The molecule has 0 atom stereocenters. The number of hydrogen-bond donors (Lipinski definition) is 0. The summed E-state index contributed by atoms with van der Waals surface area (Å²) in [6.07, 6.45) is 0. The van der Waals surface area contributed by atoms with Crippen LogP contribution < -0.4 is 0 Å². The van der Waals surface area contributed by atoms with Crippen LogP contribution in [-0.4, -0.2) is 23.0 Å². The van der Waals surface area contributed by atoms with Gasteiger partial charge in [0.05, 0.1) is 22.8 Å². The van der Waals surface area contributed by atoms with E-state index in [1.807, 2.05) is 13.8 Å². The summed E-state index contributed by atoms with van der Waals surface area (Å²) in [6.45, 7) is 4.12. The summed E-state index contributed by atoms with van der Waals surface area (Å²) in [7, 11) is 1.73. The van der Waals surface area contributed by atoms with E-state index in [4.69, 9.17) is 16.1 Å². The molecule has 20 heavy (non-hydrogen) atoms. The van der Waals surface area contributed by atoms with Gasteiger partial charge >= 0.3 is 0 Å². The molecule has 0 aliphatic rings. The van der Waals surface area contributed by atoms with Crippen LogP contribution >= 0.6 is 27.5 Å². The maximum absolute atomic E-state index is 12.4. The third kappa shape index (κ3) is 3.04. The number of rotatable bonds is 3. The highest BCUT2D eigenvalue weighted by atomic mass is 79.9. The fourth-order valence-electron chi connectivity index (χ4n) is 1.90. The van der Waals surface area contributed by atoms with Gasteiger partial charge < -0.3 is 9.42 Å². The maximum atomic E-state index is 12.4. The van der Waals surface area contributed by atoms with Gasteiger partial charge in [-0.05, 0) is 32.0 Å². The Bertz CT molecular complexity index is 635. The van der Waals surface area contributed by atoms with E-state index < -0.39 is 0 Å². The van der Waals surface area contributed by atoms with Gasteiger partial charge in [-0.1, -0.05) is 32.7 Å². The van der Waals surface area contributed by atoms with Gasteiger partial charge in [-0.3, -0.25) is 4.79 Å². The van der Waals surface area contributed by atoms with Gasteiger partial charge in [-0.25, -0.2) is 0 Å². The van der Waals surface area contributed by atoms with Gasteiger partial charge in [-0.2, -0.15) is 0 Å². The van der Waals surface area contributed by atoms with Crippen LogP contribution in [0.25, 0.3) is 0 Å². The molecule has 0 saturated heterocycles. The first-order valence-electron chi connectivity index (χ1n) is 6.02. The van der Waals surface area contributed by atoms with Crippen LogP contribution in [0.15, 0.2) is 27.2 Å². The summed E-state index contributed by atoms with van der Waals surface area (Å²) >= 11 is 9.42. The summed E-state index contributed by atoms with van der Waals surface area (Å²) in [5, 5.41) is 4.32. The summed E-state index contributed by atoms with van der Waals surface area (Å²) < 4.78 is 5.92. The first-order chi connectivity index (χ1) is 9.40. The molecule has 1 heterocycles. The lowest BCUT2D eigenvalue weighted by Crippen LogP contribution is -2.27. The van der Waals surface area contributed by atoms with E-state index in [0.717, 1.165) is 21.5 Å². The van der Waals surface area contributed by atoms with Crippen molar-refractivity contribution in [2.45, 2.75) is 20.4 Å². The third-order valence-corrected chi connectivity index (χ3v) is 3.90. The maximum Gasteiger partial charge on any atom is 0.255 e. The van der Waals surface area contributed by atoms with E-state index in [-0.39, 0.29) is 5.91 Å². The van der Waals surface area contributed by atoms with Gasteiger partial charge in [0.25, 0.3) is 5.91 Å². The average molecular weight is 358 g/mol. The summed E-state index contributed by atoms with van der Waals surface area (Å²) in [6, 6.07) is 5.21. The Morgan fingerprint density at radius 3 is 2.75 bits per heavy atom. The van der Waals surface area contributed by atoms with E-state index in [1.54, 1.807) is 30.1 Å². The molecule has 1 aromatic carbocycles. The van der Waals surface area contributed by atoms with Crippen molar-refractivity contribution in [2.75, 3.05) is 7.05 Å². The van der Waals surface area contributed by atoms with Crippen molar-refractivity contribution in [3.05, 3.63) is 50.3 Å². The minimum Gasteiger partial charge on any atom is -0.361 e. The highest BCUT2D eigenvalue weighted by Gasteiger charge is 2.19. The summed E-state index contributed by atoms with van der Waals surface area (Å²) in [5.74, 6) is 0.582. The van der Waals surface area contributed by atoms with Gasteiger partial charge in [-0.15, -0.1) is 0 Å². The Kier molecular flexibility index (Phi) is 4.50. The van der Waals surface area contributed by atoms with E-state index in [9.17, 15) is 4.79 Å². The first-order valence-corrected chi connectivity index (χ1v) is 7.19. The van der Waals surface area contributed by atoms with Crippen molar-refractivity contribution >= 4 is 33.4 Å². The molecular weight excluding hydrogens is 344 g/mol. The lowest BCUT2D eigenvalue weighted by atomic mass is 10.1. The molecule has 0 spiro atoms. The highest BCUT2D eigenvalue weighted by Crippen LogP contribution is 2.23. The Hall–Kier alpha value is -1.33. The zero-order valence-electron chi connectivity index (χ0n) is 11.4. The summed E-state index contributed by atoms with van der Waals surface area (Å²) in [4.78, 5) is 14.0. The normalized spacial score (nSPS) is 10.7. The molecule has 2 aromatic rings. The Balaban J connectivity index is 2.23. The molecule has 6 heteroatoms. The molecule has 4 nitrogen and oxygen atoms in total. The van der Waals surface area contributed by atoms with Gasteiger partial charge in [0.15, 0.2) is 0 Å². The molecule has 0 saturated carbocycles. The van der Waals surface area contributed by atoms with E-state index in [0.29, 0.717) is 17.1 Å². The van der Waals surface area contributed by atoms with E-state index >= 15 is 0 Å². The molecule has 0 aliphatic heterocycles. The van der Waals surface area contributed by atoms with Crippen molar-refractivity contribution in [2.24, 2.45) is 0 Å². The van der Waals surface area contributed by atoms with Crippen LogP contribution in [0.4, 0.5) is 0 Å². The Labute approximate surface area is 130 Å². The fraction of sp³-hybridized carbons (Fsp3) is 0.286. The molecule has 0 radical (unpaired) electrons. The largest absolute Gasteiger partial charge is 0.361 e. The standard InChI is InChI=1S/C14H14BrClN2O2/c1-8-12(9(2)20-17-8)7-18(3)14(19)11-6-10(15)4-5-13(11)16/h4-6H,7H2,1-3H3. The topological polar surface area (TPSA) is 46.3 Å². The van der Waals surface area contributed by atoms with Crippen LogP contribution in [0.1, 0.15) is 27.4 Å². The monoisotopic (exact) mass is 356 g/mol. The molecule has 1 amide bonds. The van der Waals surface area contributed by atoms with Crippen LogP contribution in [0, 0.1) is 13.8 Å². The van der Waals surface area contributed by atoms with Crippen molar-refractivity contribution in [1.29, 1.82) is 0 Å². The highest BCUT2D eigenvalue weighted by molar-refractivity contribution is 9.10. The quantitative estimate of drug-likeness (QED) is 0.834. The third-order valence-electron chi connectivity index (χ3n) is 3.08. The zero-order valence-corrected chi connectivity index (χ0v) is 13.7. The second-order valence-electron chi connectivity index (χ2n) is 4.59. The number of hydrogen-bond acceptors (Lipinski definition) is 3. The Morgan fingerprint density at radius 1 is 1.45 bits per heavy atom. The van der Waals surface area contributed by atoms with Crippen molar-refractivity contribution in [3.63, 3.8) is 0 Å². The van der Waals surface area contributed by atoms with E-state index in [1.165, 1.54) is 0 Å². The molecule has 1 aromatic heterocycles. The minimum absolute atomic E-state index is 0.142. The predicted octanol–water partition coefficient (Wildman–Crippen LogP) is 3.98. The van der Waals surface area contributed by atoms with Gasteiger partial charge in [0.2, 0.25) is 0 Å². The number of carbonyl (C=O) groups excluding carboxylic acids is 1. The van der Waals surface area contributed by atoms with Crippen LogP contribution in [0.5, 0.6) is 0 Å². The number of nitrogens with zero attached hydrogens (tertiary/aromatic N) is 2. The van der Waals surface area contributed by atoms with Crippen LogP contribution in [0.3, 0.4) is 0 Å². The number of carbonyl (C=O) groups is 1. The summed E-state index contributed by atoms with van der Waals surface area (Å²) in [5.41, 5.74) is 2.18. The predicted molar refractivity (Wildman–Crippen MR) is 80.9 cm³/mol. The van der Waals surface area contributed by atoms with Crippen LogP contribution in [-0.2, 0) is 6.54 Å². The first kappa shape index (κ1) is 15.1. The fourth-order valence-corrected chi connectivity index (χ4v) is 2.46. The number of aromatic nitrogens is 1. The second-order valence-corrected chi connectivity index (χ2v) is 5.91. The van der Waals surface area contributed by atoms with Gasteiger partial charge in [0, 0.05) is 17.1 Å². The number of aryl methyl sites for hydroxylation is 2. The van der Waals surface area contributed by atoms with Crippen molar-refractivity contribution in [3.8, 4) is 0 Å².